The van der Waals surface area contributed by atoms with Gasteiger partial charge in [0.1, 0.15) is 4.99 Å². The van der Waals surface area contributed by atoms with Gasteiger partial charge in [-0.3, -0.25) is 0 Å². The summed E-state index contributed by atoms with van der Waals surface area (Å²) in [5.41, 5.74) is 7.52. The highest BCUT2D eigenvalue weighted by molar-refractivity contribution is 8.00. The molecule has 0 radical (unpaired) electrons. The zero-order valence-electron chi connectivity index (χ0n) is 10.3. The molecule has 1 unspecified atom stereocenters. The topological polar surface area (TPSA) is 38.0 Å². The molecule has 1 saturated heterocycles. The third kappa shape index (κ3) is 3.31. The lowest BCUT2D eigenvalue weighted by atomic mass is 10.1. The third-order valence-electron chi connectivity index (χ3n) is 3.20. The maximum Gasteiger partial charge on any atom is 0.106 e. The SMILES string of the molecule is CC1(CNc2cc(Cl)ccc2C(N)=S)CCCS1. The molecule has 0 bridgehead atoms. The van der Waals surface area contributed by atoms with Gasteiger partial charge in [-0.2, -0.15) is 11.8 Å². The number of halogens is 1. The minimum Gasteiger partial charge on any atom is -0.389 e. The van der Waals surface area contributed by atoms with E-state index >= 15 is 0 Å². The summed E-state index contributed by atoms with van der Waals surface area (Å²) in [4.78, 5) is 0.401. The van der Waals surface area contributed by atoms with E-state index in [1.165, 1.54) is 18.6 Å². The van der Waals surface area contributed by atoms with Crippen molar-refractivity contribution in [1.82, 2.24) is 0 Å². The van der Waals surface area contributed by atoms with Crippen molar-refractivity contribution in [1.29, 1.82) is 0 Å². The first kappa shape index (κ1) is 14.0. The van der Waals surface area contributed by atoms with Crippen molar-refractivity contribution in [2.24, 2.45) is 5.73 Å². The van der Waals surface area contributed by atoms with Crippen molar-refractivity contribution in [3.8, 4) is 0 Å². The summed E-state index contributed by atoms with van der Waals surface area (Å²) in [6.07, 6.45) is 2.54. The highest BCUT2D eigenvalue weighted by atomic mass is 35.5. The van der Waals surface area contributed by atoms with Crippen molar-refractivity contribution in [3.63, 3.8) is 0 Å². The van der Waals surface area contributed by atoms with Gasteiger partial charge >= 0.3 is 0 Å². The number of nitrogens with two attached hydrogens (primary N) is 1. The van der Waals surface area contributed by atoms with E-state index < -0.39 is 0 Å². The van der Waals surface area contributed by atoms with Crippen molar-refractivity contribution < 1.29 is 0 Å². The molecular formula is C13H17ClN2S2. The molecule has 1 aliphatic heterocycles. The van der Waals surface area contributed by atoms with E-state index in [0.717, 1.165) is 17.8 Å². The summed E-state index contributed by atoms with van der Waals surface area (Å²) < 4.78 is 0.301. The molecule has 18 heavy (non-hydrogen) atoms. The Morgan fingerprint density at radius 1 is 1.61 bits per heavy atom. The van der Waals surface area contributed by atoms with Crippen LogP contribution in [0.15, 0.2) is 18.2 Å². The third-order valence-corrected chi connectivity index (χ3v) is 5.19. The number of rotatable bonds is 4. The summed E-state index contributed by atoms with van der Waals surface area (Å²) in [5.74, 6) is 1.25. The van der Waals surface area contributed by atoms with Crippen LogP contribution >= 0.6 is 35.6 Å². The molecule has 0 saturated carbocycles. The van der Waals surface area contributed by atoms with Crippen molar-refractivity contribution in [2.45, 2.75) is 24.5 Å². The number of benzene rings is 1. The summed E-state index contributed by atoms with van der Waals surface area (Å²) in [5, 5.41) is 4.14. The Balaban J connectivity index is 2.12. The quantitative estimate of drug-likeness (QED) is 0.832. The molecule has 0 amide bonds. The molecule has 98 valence electrons. The van der Waals surface area contributed by atoms with Gasteiger partial charge in [0, 0.05) is 27.6 Å². The summed E-state index contributed by atoms with van der Waals surface area (Å²) in [7, 11) is 0. The van der Waals surface area contributed by atoms with Crippen LogP contribution < -0.4 is 11.1 Å². The first-order chi connectivity index (χ1) is 8.50. The van der Waals surface area contributed by atoms with Crippen LogP contribution in [0.4, 0.5) is 5.69 Å². The van der Waals surface area contributed by atoms with Gasteiger partial charge in [0.25, 0.3) is 0 Å². The molecule has 5 heteroatoms. The molecule has 1 aliphatic rings. The summed E-state index contributed by atoms with van der Waals surface area (Å²) in [6.45, 7) is 3.20. The maximum atomic E-state index is 6.02. The highest BCUT2D eigenvalue weighted by Gasteiger charge is 2.29. The molecule has 1 heterocycles. The number of hydrogen-bond donors (Lipinski definition) is 2. The fourth-order valence-corrected chi connectivity index (χ4v) is 3.73. The fraction of sp³-hybridized carbons (Fsp3) is 0.462. The fourth-order valence-electron chi connectivity index (χ4n) is 2.14. The molecule has 0 aromatic heterocycles. The number of anilines is 1. The molecule has 1 aromatic rings. The van der Waals surface area contributed by atoms with Gasteiger partial charge < -0.3 is 11.1 Å². The van der Waals surface area contributed by atoms with Crippen molar-refractivity contribution in [3.05, 3.63) is 28.8 Å². The van der Waals surface area contributed by atoms with E-state index in [0.29, 0.717) is 14.8 Å². The van der Waals surface area contributed by atoms with Crippen LogP contribution in [0.2, 0.25) is 5.02 Å². The lowest BCUT2D eigenvalue weighted by molar-refractivity contribution is 0.635. The summed E-state index contributed by atoms with van der Waals surface area (Å²) >= 11 is 13.1. The average molecular weight is 301 g/mol. The molecule has 2 rings (SSSR count). The Labute approximate surface area is 123 Å². The monoisotopic (exact) mass is 300 g/mol. The largest absolute Gasteiger partial charge is 0.389 e. The van der Waals surface area contributed by atoms with Gasteiger partial charge in [0.2, 0.25) is 0 Å². The van der Waals surface area contributed by atoms with Gasteiger partial charge in [0.05, 0.1) is 0 Å². The molecule has 1 aromatic carbocycles. The molecule has 2 nitrogen and oxygen atoms in total. The zero-order valence-corrected chi connectivity index (χ0v) is 12.7. The van der Waals surface area contributed by atoms with Gasteiger partial charge in [-0.15, -0.1) is 0 Å². The number of nitrogens with one attached hydrogen (secondary N) is 1. The number of thioether (sulfide) groups is 1. The standard InChI is InChI=1S/C13H17ClN2S2/c1-13(5-2-6-18-13)8-16-11-7-9(14)3-4-10(11)12(15)17/h3-4,7,16H,2,5-6,8H2,1H3,(H2,15,17). The van der Waals surface area contributed by atoms with E-state index in [1.54, 1.807) is 0 Å². The van der Waals surface area contributed by atoms with E-state index in [-0.39, 0.29) is 0 Å². The zero-order chi connectivity index (χ0) is 13.2. The van der Waals surface area contributed by atoms with Gasteiger partial charge in [-0.05, 0) is 43.7 Å². The van der Waals surface area contributed by atoms with Crippen molar-refractivity contribution in [2.75, 3.05) is 17.6 Å². The molecule has 0 spiro atoms. The minimum absolute atomic E-state index is 0.301. The Kier molecular flexibility index (Phi) is 4.41. The predicted molar refractivity (Wildman–Crippen MR) is 85.9 cm³/mol. The second kappa shape index (κ2) is 5.68. The lowest BCUT2D eigenvalue weighted by Gasteiger charge is -2.24. The maximum absolute atomic E-state index is 6.02. The second-order valence-electron chi connectivity index (χ2n) is 4.81. The summed E-state index contributed by atoms with van der Waals surface area (Å²) in [6, 6.07) is 5.57. The average Bonchev–Trinajstić information content (AvgIpc) is 2.74. The smallest absolute Gasteiger partial charge is 0.106 e. The molecule has 3 N–H and O–H groups in total. The molecule has 1 fully saturated rings. The van der Waals surface area contributed by atoms with Gasteiger partial charge in [-0.25, -0.2) is 0 Å². The van der Waals surface area contributed by atoms with Crippen LogP contribution in [0.1, 0.15) is 25.3 Å². The van der Waals surface area contributed by atoms with Crippen LogP contribution in [0, 0.1) is 0 Å². The first-order valence-electron chi connectivity index (χ1n) is 5.97. The molecule has 1 atom stereocenters. The van der Waals surface area contributed by atoms with Crippen molar-refractivity contribution >= 4 is 46.3 Å². The van der Waals surface area contributed by atoms with Crippen LogP contribution in [-0.4, -0.2) is 22.0 Å². The lowest BCUT2D eigenvalue weighted by Crippen LogP contribution is -2.28. The highest BCUT2D eigenvalue weighted by Crippen LogP contribution is 2.38. The van der Waals surface area contributed by atoms with Crippen LogP contribution in [-0.2, 0) is 0 Å². The van der Waals surface area contributed by atoms with E-state index in [1.807, 2.05) is 30.0 Å². The predicted octanol–water partition coefficient (Wildman–Crippen LogP) is 3.67. The Morgan fingerprint density at radius 3 is 3.00 bits per heavy atom. The van der Waals surface area contributed by atoms with E-state index in [2.05, 4.69) is 12.2 Å². The normalized spacial score (nSPS) is 23.0. The molecule has 0 aliphatic carbocycles. The molecular weight excluding hydrogens is 284 g/mol. The van der Waals surface area contributed by atoms with E-state index in [9.17, 15) is 0 Å². The van der Waals surface area contributed by atoms with Gasteiger partial charge in [0.15, 0.2) is 0 Å². The Bertz CT molecular complexity index is 456. The second-order valence-corrected chi connectivity index (χ2v) is 7.37. The van der Waals surface area contributed by atoms with Gasteiger partial charge in [-0.1, -0.05) is 23.8 Å². The Hall–Kier alpha value is -0.450. The van der Waals surface area contributed by atoms with Crippen LogP contribution in [0.5, 0.6) is 0 Å². The number of hydrogen-bond acceptors (Lipinski definition) is 3. The van der Waals surface area contributed by atoms with Crippen LogP contribution in [0.3, 0.4) is 0 Å². The Morgan fingerprint density at radius 2 is 2.39 bits per heavy atom. The van der Waals surface area contributed by atoms with E-state index in [4.69, 9.17) is 29.6 Å². The minimum atomic E-state index is 0.301. The first-order valence-corrected chi connectivity index (χ1v) is 7.75. The number of thiocarbonyl (C=S) groups is 1. The van der Waals surface area contributed by atoms with Crippen LogP contribution in [0.25, 0.3) is 0 Å².